The minimum Gasteiger partial charge on any atom is -0.497 e. The Kier molecular flexibility index (Phi) is 5.55. The monoisotopic (exact) mass is 319 g/mol. The third kappa shape index (κ3) is 4.33. The van der Waals surface area contributed by atoms with Gasteiger partial charge in [0.15, 0.2) is 6.61 Å². The molecule has 1 aromatic carbocycles. The molecule has 0 aliphatic heterocycles. The molecular formula is C16H17NO4S. The third-order valence-electron chi connectivity index (χ3n) is 3.03. The third-order valence-corrected chi connectivity index (χ3v) is 4.03. The van der Waals surface area contributed by atoms with Crippen LogP contribution < -0.4 is 10.1 Å². The lowest BCUT2D eigenvalue weighted by Crippen LogP contribution is -2.28. The minimum atomic E-state index is -0.466. The van der Waals surface area contributed by atoms with Gasteiger partial charge in [-0.1, -0.05) is 12.1 Å². The van der Waals surface area contributed by atoms with Crippen LogP contribution in [0.15, 0.2) is 35.7 Å². The van der Waals surface area contributed by atoms with Gasteiger partial charge in [-0.2, -0.15) is 0 Å². The van der Waals surface area contributed by atoms with Crippen LogP contribution in [0.5, 0.6) is 5.75 Å². The summed E-state index contributed by atoms with van der Waals surface area (Å²) in [4.78, 5) is 24.0. The van der Waals surface area contributed by atoms with Crippen LogP contribution >= 0.6 is 11.3 Å². The summed E-state index contributed by atoms with van der Waals surface area (Å²) in [7, 11) is 1.60. The lowest BCUT2D eigenvalue weighted by atomic mass is 10.2. The van der Waals surface area contributed by atoms with Crippen LogP contribution in [0, 0.1) is 6.92 Å². The van der Waals surface area contributed by atoms with Crippen molar-refractivity contribution in [3.05, 3.63) is 51.7 Å². The van der Waals surface area contributed by atoms with E-state index in [1.807, 2.05) is 42.6 Å². The zero-order valence-corrected chi connectivity index (χ0v) is 13.2. The predicted octanol–water partition coefficient (Wildman–Crippen LogP) is 2.54. The summed E-state index contributed by atoms with van der Waals surface area (Å²) in [6, 6.07) is 9.20. The van der Waals surface area contributed by atoms with Gasteiger partial charge in [-0.15, -0.1) is 11.3 Å². The lowest BCUT2D eigenvalue weighted by molar-refractivity contribution is -0.124. The maximum Gasteiger partial charge on any atom is 0.349 e. The van der Waals surface area contributed by atoms with Crippen molar-refractivity contribution in [1.29, 1.82) is 0 Å². The fourth-order valence-corrected chi connectivity index (χ4v) is 2.59. The Hall–Kier alpha value is -2.34. The molecule has 1 heterocycles. The van der Waals surface area contributed by atoms with E-state index in [4.69, 9.17) is 9.47 Å². The number of thiophene rings is 1. The van der Waals surface area contributed by atoms with E-state index in [1.54, 1.807) is 7.11 Å². The highest BCUT2D eigenvalue weighted by atomic mass is 32.1. The van der Waals surface area contributed by atoms with Crippen LogP contribution in [0.4, 0.5) is 0 Å². The van der Waals surface area contributed by atoms with Crippen LogP contribution in [0.25, 0.3) is 0 Å². The maximum atomic E-state index is 11.8. The summed E-state index contributed by atoms with van der Waals surface area (Å²) in [5, 5.41) is 4.51. The normalized spacial score (nSPS) is 10.1. The van der Waals surface area contributed by atoms with Gasteiger partial charge in [0, 0.05) is 6.54 Å². The first-order valence-electron chi connectivity index (χ1n) is 6.71. The quantitative estimate of drug-likeness (QED) is 0.831. The molecule has 22 heavy (non-hydrogen) atoms. The van der Waals surface area contributed by atoms with Crippen molar-refractivity contribution in [2.75, 3.05) is 13.7 Å². The van der Waals surface area contributed by atoms with E-state index in [0.717, 1.165) is 16.9 Å². The smallest absolute Gasteiger partial charge is 0.349 e. The second-order valence-corrected chi connectivity index (χ2v) is 5.55. The highest BCUT2D eigenvalue weighted by molar-refractivity contribution is 7.12. The van der Waals surface area contributed by atoms with Gasteiger partial charge in [0.1, 0.15) is 10.6 Å². The molecule has 0 saturated heterocycles. The number of esters is 1. The van der Waals surface area contributed by atoms with Crippen molar-refractivity contribution in [3.63, 3.8) is 0 Å². The van der Waals surface area contributed by atoms with Gasteiger partial charge < -0.3 is 14.8 Å². The lowest BCUT2D eigenvalue weighted by Gasteiger charge is -2.07. The van der Waals surface area contributed by atoms with Crippen LogP contribution in [-0.2, 0) is 16.1 Å². The Balaban J connectivity index is 1.76. The average molecular weight is 319 g/mol. The number of benzene rings is 1. The fourth-order valence-electron chi connectivity index (χ4n) is 1.77. The number of methoxy groups -OCH3 is 1. The Morgan fingerprint density at radius 2 is 1.91 bits per heavy atom. The molecular weight excluding hydrogens is 302 g/mol. The first-order chi connectivity index (χ1) is 10.6. The molecule has 0 aliphatic rings. The van der Waals surface area contributed by atoms with E-state index in [-0.39, 0.29) is 12.5 Å². The first kappa shape index (κ1) is 16.0. The van der Waals surface area contributed by atoms with E-state index in [2.05, 4.69) is 5.32 Å². The van der Waals surface area contributed by atoms with E-state index >= 15 is 0 Å². The minimum absolute atomic E-state index is 0.285. The van der Waals surface area contributed by atoms with E-state index < -0.39 is 5.97 Å². The summed E-state index contributed by atoms with van der Waals surface area (Å²) in [6.07, 6.45) is 0. The second kappa shape index (κ2) is 7.61. The number of aryl methyl sites for hydroxylation is 1. The topological polar surface area (TPSA) is 64.6 Å². The Morgan fingerprint density at radius 1 is 1.18 bits per heavy atom. The molecule has 2 aromatic rings. The maximum absolute atomic E-state index is 11.8. The van der Waals surface area contributed by atoms with Gasteiger partial charge in [0.2, 0.25) is 0 Å². The molecule has 1 amide bonds. The molecule has 0 atom stereocenters. The van der Waals surface area contributed by atoms with Crippen molar-refractivity contribution in [2.24, 2.45) is 0 Å². The number of rotatable bonds is 6. The number of carbonyl (C=O) groups excluding carboxylic acids is 2. The molecule has 0 aliphatic carbocycles. The van der Waals surface area contributed by atoms with Gasteiger partial charge >= 0.3 is 5.97 Å². The molecule has 5 nitrogen and oxygen atoms in total. The van der Waals surface area contributed by atoms with Crippen LogP contribution in [0.3, 0.4) is 0 Å². The van der Waals surface area contributed by atoms with Crippen molar-refractivity contribution in [2.45, 2.75) is 13.5 Å². The van der Waals surface area contributed by atoms with E-state index in [9.17, 15) is 9.59 Å². The van der Waals surface area contributed by atoms with Crippen LogP contribution in [-0.4, -0.2) is 25.6 Å². The molecule has 0 spiro atoms. The highest BCUT2D eigenvalue weighted by Gasteiger charge is 2.13. The molecule has 116 valence electrons. The van der Waals surface area contributed by atoms with Gasteiger partial charge in [-0.05, 0) is 41.6 Å². The number of amides is 1. The predicted molar refractivity (Wildman–Crippen MR) is 84.2 cm³/mol. The molecule has 6 heteroatoms. The zero-order chi connectivity index (χ0) is 15.9. The molecule has 0 radical (unpaired) electrons. The Labute approximate surface area is 132 Å². The summed E-state index contributed by atoms with van der Waals surface area (Å²) < 4.78 is 10.1. The summed E-state index contributed by atoms with van der Waals surface area (Å²) in [5.74, 6) is -0.0409. The Bertz CT molecular complexity index is 648. The van der Waals surface area contributed by atoms with Crippen molar-refractivity contribution >= 4 is 23.2 Å². The molecule has 0 fully saturated rings. The van der Waals surface area contributed by atoms with Crippen molar-refractivity contribution in [3.8, 4) is 5.75 Å². The molecule has 0 bridgehead atoms. The number of nitrogens with one attached hydrogen (secondary N) is 1. The SMILES string of the molecule is COc1ccc(CNC(=O)COC(=O)c2sccc2C)cc1. The highest BCUT2D eigenvalue weighted by Crippen LogP contribution is 2.16. The molecule has 2 rings (SSSR count). The standard InChI is InChI=1S/C16H17NO4S/c1-11-7-8-22-15(11)16(19)21-10-14(18)17-9-12-3-5-13(20-2)6-4-12/h3-8H,9-10H2,1-2H3,(H,17,18). The average Bonchev–Trinajstić information content (AvgIpc) is 2.97. The van der Waals surface area contributed by atoms with Crippen LogP contribution in [0.2, 0.25) is 0 Å². The number of hydrogen-bond acceptors (Lipinski definition) is 5. The summed E-state index contributed by atoms with van der Waals surface area (Å²) >= 11 is 1.30. The molecule has 0 unspecified atom stereocenters. The molecule has 0 saturated carbocycles. The van der Waals surface area contributed by atoms with Gasteiger partial charge in [0.25, 0.3) is 5.91 Å². The second-order valence-electron chi connectivity index (χ2n) is 4.63. The molecule has 1 aromatic heterocycles. The van der Waals surface area contributed by atoms with Gasteiger partial charge in [0.05, 0.1) is 7.11 Å². The van der Waals surface area contributed by atoms with E-state index in [1.165, 1.54) is 11.3 Å². The number of carbonyl (C=O) groups is 2. The van der Waals surface area contributed by atoms with Crippen LogP contribution in [0.1, 0.15) is 20.8 Å². The summed E-state index contributed by atoms with van der Waals surface area (Å²) in [6.45, 7) is 1.92. The van der Waals surface area contributed by atoms with Crippen molar-refractivity contribution < 1.29 is 19.1 Å². The first-order valence-corrected chi connectivity index (χ1v) is 7.59. The van der Waals surface area contributed by atoms with Gasteiger partial charge in [-0.25, -0.2) is 4.79 Å². The number of hydrogen-bond donors (Lipinski definition) is 1. The van der Waals surface area contributed by atoms with Gasteiger partial charge in [-0.3, -0.25) is 4.79 Å². The fraction of sp³-hybridized carbons (Fsp3) is 0.250. The zero-order valence-electron chi connectivity index (χ0n) is 12.4. The van der Waals surface area contributed by atoms with Crippen molar-refractivity contribution in [1.82, 2.24) is 5.32 Å². The van der Waals surface area contributed by atoms with E-state index in [0.29, 0.717) is 11.4 Å². The Morgan fingerprint density at radius 3 is 2.50 bits per heavy atom. The largest absolute Gasteiger partial charge is 0.497 e. The summed E-state index contributed by atoms with van der Waals surface area (Å²) in [5.41, 5.74) is 1.79. The molecule has 1 N–H and O–H groups in total. The number of ether oxygens (including phenoxy) is 2.